The molecule has 1 aromatic carbocycles. The van der Waals surface area contributed by atoms with Gasteiger partial charge < -0.3 is 18.9 Å². The number of carbonyl (C=O) groups excluding carboxylic acids is 1. The SMILES string of the molecule is CCOC(=O)c1c(OCC)c2ccccc2n1CCCN(CC)CC. The lowest BCUT2D eigenvalue weighted by Crippen LogP contribution is -2.25. The number of fused-ring (bicyclic) bond motifs is 1. The van der Waals surface area contributed by atoms with E-state index in [0.717, 1.165) is 43.5 Å². The van der Waals surface area contributed by atoms with Crippen LogP contribution in [0.25, 0.3) is 10.9 Å². The zero-order valence-corrected chi connectivity index (χ0v) is 15.9. The highest BCUT2D eigenvalue weighted by Gasteiger charge is 2.24. The number of benzene rings is 1. The molecular weight excluding hydrogens is 316 g/mol. The smallest absolute Gasteiger partial charge is 0.358 e. The van der Waals surface area contributed by atoms with Crippen LogP contribution in [0.2, 0.25) is 0 Å². The van der Waals surface area contributed by atoms with E-state index >= 15 is 0 Å². The highest BCUT2D eigenvalue weighted by Crippen LogP contribution is 2.34. The Labute approximate surface area is 150 Å². The summed E-state index contributed by atoms with van der Waals surface area (Å²) in [5.74, 6) is 0.323. The van der Waals surface area contributed by atoms with Gasteiger partial charge in [0.15, 0.2) is 11.4 Å². The summed E-state index contributed by atoms with van der Waals surface area (Å²) in [6, 6.07) is 8.01. The van der Waals surface area contributed by atoms with E-state index in [9.17, 15) is 4.79 Å². The van der Waals surface area contributed by atoms with Crippen molar-refractivity contribution in [2.75, 3.05) is 32.8 Å². The van der Waals surface area contributed by atoms with Crippen LogP contribution in [0.3, 0.4) is 0 Å². The molecule has 0 amide bonds. The van der Waals surface area contributed by atoms with Gasteiger partial charge in [-0.25, -0.2) is 4.79 Å². The number of rotatable bonds is 10. The normalized spacial score (nSPS) is 11.2. The summed E-state index contributed by atoms with van der Waals surface area (Å²) in [6.07, 6.45) is 0.971. The Morgan fingerprint density at radius 1 is 1.08 bits per heavy atom. The van der Waals surface area contributed by atoms with Crippen molar-refractivity contribution in [2.45, 2.75) is 40.7 Å². The zero-order chi connectivity index (χ0) is 18.2. The van der Waals surface area contributed by atoms with Crippen LogP contribution in [-0.4, -0.2) is 48.3 Å². The van der Waals surface area contributed by atoms with Crippen molar-refractivity contribution in [2.24, 2.45) is 0 Å². The van der Waals surface area contributed by atoms with Crippen LogP contribution in [0, 0.1) is 0 Å². The van der Waals surface area contributed by atoms with Gasteiger partial charge in [0, 0.05) is 11.9 Å². The van der Waals surface area contributed by atoms with Crippen molar-refractivity contribution in [1.29, 1.82) is 0 Å². The molecule has 2 rings (SSSR count). The second-order valence-electron chi connectivity index (χ2n) is 5.88. The third-order valence-electron chi connectivity index (χ3n) is 4.43. The predicted octanol–water partition coefficient (Wildman–Crippen LogP) is 3.95. The summed E-state index contributed by atoms with van der Waals surface area (Å²) < 4.78 is 13.2. The Kier molecular flexibility index (Phi) is 7.31. The molecule has 0 aliphatic heterocycles. The van der Waals surface area contributed by atoms with Gasteiger partial charge in [-0.1, -0.05) is 26.0 Å². The summed E-state index contributed by atoms with van der Waals surface area (Å²) in [7, 11) is 0. The summed E-state index contributed by atoms with van der Waals surface area (Å²) >= 11 is 0. The van der Waals surface area contributed by atoms with Gasteiger partial charge in [0.05, 0.1) is 18.7 Å². The third-order valence-corrected chi connectivity index (χ3v) is 4.43. The molecule has 0 saturated heterocycles. The van der Waals surface area contributed by atoms with E-state index in [0.29, 0.717) is 24.7 Å². The fraction of sp³-hybridized carbons (Fsp3) is 0.550. The number of ether oxygens (including phenoxy) is 2. The minimum Gasteiger partial charge on any atom is -0.491 e. The number of carbonyl (C=O) groups is 1. The maximum absolute atomic E-state index is 12.6. The molecule has 0 fully saturated rings. The monoisotopic (exact) mass is 346 g/mol. The molecule has 0 unspecified atom stereocenters. The van der Waals surface area contributed by atoms with Gasteiger partial charge in [-0.2, -0.15) is 0 Å². The van der Waals surface area contributed by atoms with E-state index in [-0.39, 0.29) is 5.97 Å². The summed E-state index contributed by atoms with van der Waals surface area (Å²) in [5, 5.41) is 0.968. The van der Waals surface area contributed by atoms with Gasteiger partial charge in [-0.15, -0.1) is 0 Å². The fourth-order valence-electron chi connectivity index (χ4n) is 3.19. The number of hydrogen-bond acceptors (Lipinski definition) is 4. The number of para-hydroxylation sites is 1. The average Bonchev–Trinajstić information content (AvgIpc) is 2.93. The Morgan fingerprint density at radius 2 is 1.80 bits per heavy atom. The molecule has 138 valence electrons. The lowest BCUT2D eigenvalue weighted by Gasteiger charge is -2.18. The molecule has 0 atom stereocenters. The second-order valence-corrected chi connectivity index (χ2v) is 5.88. The number of aromatic nitrogens is 1. The Balaban J connectivity index is 2.41. The van der Waals surface area contributed by atoms with Gasteiger partial charge in [0.25, 0.3) is 0 Å². The maximum Gasteiger partial charge on any atom is 0.358 e. The summed E-state index contributed by atoms with van der Waals surface area (Å²) in [6.45, 7) is 12.8. The van der Waals surface area contributed by atoms with Crippen molar-refractivity contribution >= 4 is 16.9 Å². The Hall–Kier alpha value is -2.01. The first-order valence-electron chi connectivity index (χ1n) is 9.31. The molecule has 0 N–H and O–H groups in total. The van der Waals surface area contributed by atoms with E-state index < -0.39 is 0 Å². The molecule has 1 aromatic heterocycles. The van der Waals surface area contributed by atoms with E-state index in [1.807, 2.05) is 38.1 Å². The molecule has 2 aromatic rings. The first-order chi connectivity index (χ1) is 12.2. The number of esters is 1. The average molecular weight is 346 g/mol. The van der Waals surface area contributed by atoms with Crippen LogP contribution in [0.4, 0.5) is 0 Å². The molecule has 0 spiro atoms. The highest BCUT2D eigenvalue weighted by atomic mass is 16.5. The van der Waals surface area contributed by atoms with Crippen LogP contribution in [0.15, 0.2) is 24.3 Å². The standard InChI is InChI=1S/C20H30N2O3/c1-5-21(6-2)14-11-15-22-17-13-10-9-12-16(17)19(24-7-3)18(22)20(23)25-8-4/h9-10,12-13H,5-8,11,14-15H2,1-4H3. The zero-order valence-electron chi connectivity index (χ0n) is 15.9. The molecule has 0 radical (unpaired) electrons. The summed E-state index contributed by atoms with van der Waals surface area (Å²) in [5.41, 5.74) is 1.55. The van der Waals surface area contributed by atoms with E-state index in [2.05, 4.69) is 23.3 Å². The van der Waals surface area contributed by atoms with Gasteiger partial charge in [-0.05, 0) is 52.0 Å². The minimum absolute atomic E-state index is 0.315. The fourth-order valence-corrected chi connectivity index (χ4v) is 3.19. The molecule has 25 heavy (non-hydrogen) atoms. The molecule has 1 heterocycles. The van der Waals surface area contributed by atoms with Crippen LogP contribution in [0.5, 0.6) is 5.75 Å². The van der Waals surface area contributed by atoms with Gasteiger partial charge in [0.2, 0.25) is 0 Å². The highest BCUT2D eigenvalue weighted by molar-refractivity contribution is 6.01. The quantitative estimate of drug-likeness (QED) is 0.611. The predicted molar refractivity (Wildman–Crippen MR) is 101 cm³/mol. The van der Waals surface area contributed by atoms with Crippen molar-refractivity contribution in [3.63, 3.8) is 0 Å². The Bertz CT molecular complexity index is 690. The van der Waals surface area contributed by atoms with Crippen LogP contribution >= 0.6 is 0 Å². The first-order valence-corrected chi connectivity index (χ1v) is 9.31. The molecule has 5 nitrogen and oxygen atoms in total. The van der Waals surface area contributed by atoms with Gasteiger partial charge >= 0.3 is 5.97 Å². The molecule has 0 saturated carbocycles. The van der Waals surface area contributed by atoms with Crippen LogP contribution in [0.1, 0.15) is 44.6 Å². The van der Waals surface area contributed by atoms with Gasteiger partial charge in [0.1, 0.15) is 0 Å². The maximum atomic E-state index is 12.6. The molecule has 0 aliphatic carbocycles. The van der Waals surface area contributed by atoms with Crippen molar-refractivity contribution < 1.29 is 14.3 Å². The molecule has 5 heteroatoms. The van der Waals surface area contributed by atoms with Crippen molar-refractivity contribution in [3.8, 4) is 5.75 Å². The van der Waals surface area contributed by atoms with E-state index in [1.165, 1.54) is 0 Å². The number of nitrogens with zero attached hydrogens (tertiary/aromatic N) is 2. The minimum atomic E-state index is -0.315. The van der Waals surface area contributed by atoms with Crippen molar-refractivity contribution in [3.05, 3.63) is 30.0 Å². The third kappa shape index (κ3) is 4.34. The largest absolute Gasteiger partial charge is 0.491 e. The lowest BCUT2D eigenvalue weighted by molar-refractivity contribution is 0.0509. The van der Waals surface area contributed by atoms with Crippen LogP contribution < -0.4 is 4.74 Å². The van der Waals surface area contributed by atoms with Crippen LogP contribution in [-0.2, 0) is 11.3 Å². The number of aryl methyl sites for hydroxylation is 1. The van der Waals surface area contributed by atoms with Crippen molar-refractivity contribution in [1.82, 2.24) is 9.47 Å². The summed E-state index contributed by atoms with van der Waals surface area (Å²) in [4.78, 5) is 15.0. The second kappa shape index (κ2) is 9.47. The topological polar surface area (TPSA) is 43.7 Å². The lowest BCUT2D eigenvalue weighted by atomic mass is 10.2. The molecular formula is C20H30N2O3. The molecule has 0 bridgehead atoms. The van der Waals surface area contributed by atoms with E-state index in [1.54, 1.807) is 0 Å². The van der Waals surface area contributed by atoms with E-state index in [4.69, 9.17) is 9.47 Å². The Morgan fingerprint density at radius 3 is 2.44 bits per heavy atom. The van der Waals surface area contributed by atoms with Gasteiger partial charge in [-0.3, -0.25) is 0 Å². The first kappa shape index (κ1) is 19.3. The molecule has 0 aliphatic rings. The number of hydrogen-bond donors (Lipinski definition) is 0.